The molecule has 1 aromatic heterocycles. The average molecular weight is 310 g/mol. The Balaban J connectivity index is 1.45. The zero-order valence-corrected chi connectivity index (χ0v) is 13.6. The summed E-state index contributed by atoms with van der Waals surface area (Å²) in [5, 5.41) is 0. The summed E-state index contributed by atoms with van der Waals surface area (Å²) >= 11 is 0. The van der Waals surface area contributed by atoms with E-state index < -0.39 is 5.60 Å². The van der Waals surface area contributed by atoms with Crippen molar-refractivity contribution in [2.45, 2.75) is 58.2 Å². The van der Waals surface area contributed by atoms with Crippen LogP contribution in [0.15, 0.2) is 16.5 Å². The number of ether oxygens (including phenoxy) is 3. The summed E-state index contributed by atoms with van der Waals surface area (Å²) in [5.74, 6) is 1.59. The van der Waals surface area contributed by atoms with E-state index in [9.17, 15) is 4.79 Å². The normalized spacial score (nSPS) is 20.1. The monoisotopic (exact) mass is 310 g/mol. The van der Waals surface area contributed by atoms with Gasteiger partial charge in [-0.05, 0) is 45.2 Å². The van der Waals surface area contributed by atoms with Gasteiger partial charge in [-0.2, -0.15) is 0 Å². The number of aryl methyl sites for hydroxylation is 1. The molecule has 1 atom stereocenters. The Bertz CT molecular complexity index is 461. The van der Waals surface area contributed by atoms with Gasteiger partial charge in [-0.25, -0.2) is 4.79 Å². The maximum atomic E-state index is 11.7. The Kier molecular flexibility index (Phi) is 6.46. The third-order valence-electron chi connectivity index (χ3n) is 3.80. The molecule has 0 amide bonds. The predicted molar refractivity (Wildman–Crippen MR) is 81.5 cm³/mol. The Morgan fingerprint density at radius 1 is 1.27 bits per heavy atom. The highest BCUT2D eigenvalue weighted by Crippen LogP contribution is 2.34. The van der Waals surface area contributed by atoms with Crippen molar-refractivity contribution in [2.24, 2.45) is 0 Å². The van der Waals surface area contributed by atoms with Crippen molar-refractivity contribution in [1.29, 1.82) is 0 Å². The van der Waals surface area contributed by atoms with Gasteiger partial charge in [0, 0.05) is 6.61 Å². The van der Waals surface area contributed by atoms with Crippen molar-refractivity contribution in [3.63, 3.8) is 0 Å². The first-order chi connectivity index (χ1) is 10.7. The van der Waals surface area contributed by atoms with Crippen molar-refractivity contribution >= 4 is 5.97 Å². The topological polar surface area (TPSA) is 61.2 Å². The molecule has 1 aliphatic rings. The van der Waals surface area contributed by atoms with Crippen LogP contribution in [-0.2, 0) is 25.6 Å². The largest absolute Gasteiger partial charge is 0.464 e. The van der Waals surface area contributed by atoms with Crippen molar-refractivity contribution in [3.05, 3.63) is 23.7 Å². The number of hydrogen-bond acceptors (Lipinski definition) is 5. The van der Waals surface area contributed by atoms with Gasteiger partial charge in [0.05, 0.1) is 13.2 Å². The number of epoxide rings is 1. The van der Waals surface area contributed by atoms with E-state index in [0.717, 1.165) is 50.2 Å². The number of unbranched alkanes of at least 4 members (excludes halogenated alkanes) is 3. The van der Waals surface area contributed by atoms with E-state index in [4.69, 9.17) is 18.6 Å². The van der Waals surface area contributed by atoms with E-state index in [-0.39, 0.29) is 5.97 Å². The van der Waals surface area contributed by atoms with Gasteiger partial charge >= 0.3 is 5.97 Å². The summed E-state index contributed by atoms with van der Waals surface area (Å²) in [6, 6.07) is 3.89. The van der Waals surface area contributed by atoms with Gasteiger partial charge in [0.1, 0.15) is 18.1 Å². The number of esters is 1. The molecule has 0 radical (unpaired) electrons. The summed E-state index contributed by atoms with van der Waals surface area (Å²) < 4.78 is 21.3. The van der Waals surface area contributed by atoms with Crippen LogP contribution < -0.4 is 0 Å². The first-order valence-corrected chi connectivity index (χ1v) is 8.10. The number of carbonyl (C=O) groups is 1. The Morgan fingerprint density at radius 3 is 2.68 bits per heavy atom. The maximum absolute atomic E-state index is 11.7. The molecule has 1 fully saturated rings. The van der Waals surface area contributed by atoms with Gasteiger partial charge in [-0.1, -0.05) is 12.8 Å². The van der Waals surface area contributed by atoms with Crippen LogP contribution in [0, 0.1) is 6.92 Å². The minimum absolute atomic E-state index is 0.202. The Hall–Kier alpha value is -1.33. The molecule has 1 saturated heterocycles. The van der Waals surface area contributed by atoms with Gasteiger partial charge in [-0.3, -0.25) is 0 Å². The van der Waals surface area contributed by atoms with Crippen LogP contribution in [0.2, 0.25) is 0 Å². The van der Waals surface area contributed by atoms with Gasteiger partial charge in [-0.15, -0.1) is 0 Å². The van der Waals surface area contributed by atoms with E-state index in [0.29, 0.717) is 19.8 Å². The van der Waals surface area contributed by atoms with Crippen LogP contribution in [0.25, 0.3) is 0 Å². The fraction of sp³-hybridized carbons (Fsp3) is 0.706. The smallest absolute Gasteiger partial charge is 0.340 e. The standard InChI is InChI=1S/C17H26O5/c1-3-20-16(18)17(13-21-17)10-6-4-5-7-11-19-12-15-9-8-14(2)22-15/h8-9H,3-7,10-13H2,1-2H3. The van der Waals surface area contributed by atoms with Gasteiger partial charge < -0.3 is 18.6 Å². The molecule has 0 N–H and O–H groups in total. The van der Waals surface area contributed by atoms with Crippen LogP contribution in [0.4, 0.5) is 0 Å². The van der Waals surface area contributed by atoms with E-state index in [2.05, 4.69) is 0 Å². The fourth-order valence-corrected chi connectivity index (χ4v) is 2.42. The highest BCUT2D eigenvalue weighted by molar-refractivity contribution is 5.82. The van der Waals surface area contributed by atoms with Crippen molar-refractivity contribution in [2.75, 3.05) is 19.8 Å². The zero-order chi connectivity index (χ0) is 15.8. The van der Waals surface area contributed by atoms with Gasteiger partial charge in [0.2, 0.25) is 0 Å². The fourth-order valence-electron chi connectivity index (χ4n) is 2.42. The van der Waals surface area contributed by atoms with Crippen LogP contribution in [0.3, 0.4) is 0 Å². The lowest BCUT2D eigenvalue weighted by molar-refractivity contribution is -0.149. The highest BCUT2D eigenvalue weighted by atomic mass is 16.6. The molecule has 2 heterocycles. The molecule has 0 aromatic carbocycles. The lowest BCUT2D eigenvalue weighted by Gasteiger charge is -2.10. The number of hydrogen-bond donors (Lipinski definition) is 0. The summed E-state index contributed by atoms with van der Waals surface area (Å²) in [5.41, 5.74) is -0.621. The lowest BCUT2D eigenvalue weighted by atomic mass is 10.0. The molecule has 1 aliphatic heterocycles. The Morgan fingerprint density at radius 2 is 2.05 bits per heavy atom. The molecular weight excluding hydrogens is 284 g/mol. The van der Waals surface area contributed by atoms with Crippen LogP contribution in [0.5, 0.6) is 0 Å². The molecular formula is C17H26O5. The van der Waals surface area contributed by atoms with E-state index in [1.165, 1.54) is 0 Å². The minimum atomic E-state index is -0.621. The molecule has 2 rings (SSSR count). The molecule has 0 aliphatic carbocycles. The molecule has 5 heteroatoms. The second-order valence-corrected chi connectivity index (χ2v) is 5.73. The zero-order valence-electron chi connectivity index (χ0n) is 13.6. The Labute approximate surface area is 131 Å². The molecule has 124 valence electrons. The molecule has 5 nitrogen and oxygen atoms in total. The van der Waals surface area contributed by atoms with E-state index >= 15 is 0 Å². The van der Waals surface area contributed by atoms with E-state index in [1.807, 2.05) is 26.0 Å². The minimum Gasteiger partial charge on any atom is -0.464 e. The van der Waals surface area contributed by atoms with E-state index in [1.54, 1.807) is 0 Å². The third-order valence-corrected chi connectivity index (χ3v) is 3.80. The summed E-state index contributed by atoms with van der Waals surface area (Å²) in [6.07, 6.45) is 4.94. The second kappa shape index (κ2) is 8.34. The first-order valence-electron chi connectivity index (χ1n) is 8.10. The molecule has 1 unspecified atom stereocenters. The quantitative estimate of drug-likeness (QED) is 0.356. The van der Waals surface area contributed by atoms with Crippen LogP contribution in [-0.4, -0.2) is 31.4 Å². The van der Waals surface area contributed by atoms with Gasteiger partial charge in [0.15, 0.2) is 5.60 Å². The number of carbonyl (C=O) groups excluding carboxylic acids is 1. The van der Waals surface area contributed by atoms with Crippen LogP contribution >= 0.6 is 0 Å². The molecule has 1 aromatic rings. The van der Waals surface area contributed by atoms with Crippen LogP contribution in [0.1, 0.15) is 50.5 Å². The molecule has 22 heavy (non-hydrogen) atoms. The average Bonchev–Trinajstić information content (AvgIpc) is 3.18. The highest BCUT2D eigenvalue weighted by Gasteiger charge is 2.52. The number of rotatable bonds is 11. The lowest BCUT2D eigenvalue weighted by Crippen LogP contribution is -2.27. The molecule has 0 spiro atoms. The van der Waals surface area contributed by atoms with Crippen molar-refractivity contribution in [3.8, 4) is 0 Å². The number of furan rings is 1. The SMILES string of the molecule is CCOC(=O)C1(CCCCCCOCc2ccc(C)o2)CO1. The maximum Gasteiger partial charge on any atom is 0.340 e. The summed E-state index contributed by atoms with van der Waals surface area (Å²) in [7, 11) is 0. The van der Waals surface area contributed by atoms with Crippen molar-refractivity contribution in [1.82, 2.24) is 0 Å². The molecule has 0 saturated carbocycles. The molecule has 0 bridgehead atoms. The second-order valence-electron chi connectivity index (χ2n) is 5.73. The summed E-state index contributed by atoms with van der Waals surface area (Å²) in [6.45, 7) is 5.94. The van der Waals surface area contributed by atoms with Gasteiger partial charge in [0.25, 0.3) is 0 Å². The first kappa shape index (κ1) is 17.0. The third kappa shape index (κ3) is 5.14. The predicted octanol–water partition coefficient (Wildman–Crippen LogP) is 3.39. The summed E-state index contributed by atoms with van der Waals surface area (Å²) in [4.78, 5) is 11.7. The van der Waals surface area contributed by atoms with Crippen molar-refractivity contribution < 1.29 is 23.4 Å².